The highest BCUT2D eigenvalue weighted by Gasteiger charge is 2.18. The van der Waals surface area contributed by atoms with Gasteiger partial charge in [-0.2, -0.15) is 0 Å². The van der Waals surface area contributed by atoms with Crippen molar-refractivity contribution in [2.24, 2.45) is 0 Å². The largest absolute Gasteiger partial charge is 0.508 e. The summed E-state index contributed by atoms with van der Waals surface area (Å²) in [6.07, 6.45) is 0.962. The van der Waals surface area contributed by atoms with Crippen molar-refractivity contribution in [3.8, 4) is 5.75 Å². The monoisotopic (exact) mass is 226 g/mol. The highest BCUT2D eigenvalue weighted by Crippen LogP contribution is 2.06. The zero-order valence-electron chi connectivity index (χ0n) is 9.27. The van der Waals surface area contributed by atoms with Crippen molar-refractivity contribution in [2.45, 2.75) is 20.3 Å². The Morgan fingerprint density at radius 2 is 1.93 bits per heavy atom. The first-order chi connectivity index (χ1) is 7.29. The molecule has 1 atom stereocenters. The number of benzene rings is 1. The van der Waals surface area contributed by atoms with Gasteiger partial charge in [-0.15, -0.1) is 0 Å². The molecule has 4 heteroatoms. The van der Waals surface area contributed by atoms with Crippen LogP contribution < -0.4 is 5.19 Å². The summed E-state index contributed by atoms with van der Waals surface area (Å²) in [5.41, 5.74) is 0. The summed E-state index contributed by atoms with van der Waals surface area (Å²) in [7, 11) is -1.90. The Kier molecular flexibility index (Phi) is 5.38. The number of rotatable bonds is 6. The van der Waals surface area contributed by atoms with Gasteiger partial charge in [0.05, 0.1) is 0 Å². The Hall–Kier alpha value is -0.843. The third-order valence-electron chi connectivity index (χ3n) is 1.98. The molecular formula is C11H18O3Si. The van der Waals surface area contributed by atoms with Crippen LogP contribution in [0, 0.1) is 0 Å². The Bertz CT molecular complexity index is 291. The fourth-order valence-electron chi connectivity index (χ4n) is 1.29. The van der Waals surface area contributed by atoms with Crippen LogP contribution in [0.25, 0.3) is 0 Å². The molecule has 0 saturated heterocycles. The molecule has 1 rings (SSSR count). The Morgan fingerprint density at radius 1 is 1.20 bits per heavy atom. The van der Waals surface area contributed by atoms with Crippen LogP contribution in [0.4, 0.5) is 0 Å². The van der Waals surface area contributed by atoms with E-state index in [1.807, 2.05) is 19.1 Å². The number of phenols is 1. The molecule has 0 spiro atoms. The fourth-order valence-corrected chi connectivity index (χ4v) is 3.10. The maximum Gasteiger partial charge on any atom is 0.359 e. The van der Waals surface area contributed by atoms with Gasteiger partial charge < -0.3 is 14.0 Å². The molecule has 0 aliphatic heterocycles. The van der Waals surface area contributed by atoms with Gasteiger partial charge in [-0.05, 0) is 19.4 Å². The summed E-state index contributed by atoms with van der Waals surface area (Å²) in [5, 5.41) is 10.5. The lowest BCUT2D eigenvalue weighted by atomic mass is 10.3. The van der Waals surface area contributed by atoms with Gasteiger partial charge in [-0.25, -0.2) is 0 Å². The molecule has 0 fully saturated rings. The molecule has 0 heterocycles. The van der Waals surface area contributed by atoms with E-state index < -0.39 is 9.28 Å². The van der Waals surface area contributed by atoms with Crippen molar-refractivity contribution in [3.05, 3.63) is 24.3 Å². The van der Waals surface area contributed by atoms with E-state index >= 15 is 0 Å². The summed E-state index contributed by atoms with van der Waals surface area (Å²) in [5.74, 6) is 0.277. The maximum atomic E-state index is 9.68. The summed E-state index contributed by atoms with van der Waals surface area (Å²) in [6.45, 7) is 5.30. The van der Waals surface area contributed by atoms with Crippen LogP contribution in [0.2, 0.25) is 0 Å². The topological polar surface area (TPSA) is 38.7 Å². The smallest absolute Gasteiger partial charge is 0.359 e. The first-order valence-electron chi connectivity index (χ1n) is 5.30. The lowest BCUT2D eigenvalue weighted by molar-refractivity contribution is 0.215. The van der Waals surface area contributed by atoms with E-state index in [1.165, 1.54) is 0 Å². The average Bonchev–Trinajstić information content (AvgIpc) is 2.25. The molecule has 0 aliphatic carbocycles. The van der Waals surface area contributed by atoms with Crippen LogP contribution in [0.5, 0.6) is 5.75 Å². The molecule has 0 amide bonds. The van der Waals surface area contributed by atoms with Gasteiger partial charge in [0.1, 0.15) is 5.75 Å². The van der Waals surface area contributed by atoms with Crippen LogP contribution in [0.1, 0.15) is 20.3 Å². The van der Waals surface area contributed by atoms with Crippen molar-refractivity contribution < 1.29 is 14.0 Å². The van der Waals surface area contributed by atoms with Gasteiger partial charge in [0.25, 0.3) is 0 Å². The van der Waals surface area contributed by atoms with Gasteiger partial charge in [0, 0.05) is 18.4 Å². The molecule has 1 N–H and O–H groups in total. The Labute approximate surface area is 92.5 Å². The second-order valence-electron chi connectivity index (χ2n) is 3.22. The van der Waals surface area contributed by atoms with E-state index in [9.17, 15) is 5.11 Å². The van der Waals surface area contributed by atoms with Crippen LogP contribution >= 0.6 is 0 Å². The van der Waals surface area contributed by atoms with E-state index in [0.717, 1.165) is 11.6 Å². The number of aromatic hydroxyl groups is 1. The van der Waals surface area contributed by atoms with Gasteiger partial charge >= 0.3 is 9.28 Å². The van der Waals surface area contributed by atoms with Crippen molar-refractivity contribution in [1.82, 2.24) is 0 Å². The molecule has 0 bridgehead atoms. The van der Waals surface area contributed by atoms with E-state index in [-0.39, 0.29) is 5.75 Å². The van der Waals surface area contributed by atoms with Crippen molar-refractivity contribution >= 4 is 14.5 Å². The number of para-hydroxylation sites is 1. The van der Waals surface area contributed by atoms with Crippen LogP contribution in [-0.4, -0.2) is 27.6 Å². The minimum absolute atomic E-state index is 0.277. The zero-order chi connectivity index (χ0) is 11.1. The molecule has 15 heavy (non-hydrogen) atoms. The summed E-state index contributed by atoms with van der Waals surface area (Å²) >= 11 is 0. The van der Waals surface area contributed by atoms with Gasteiger partial charge in [0.15, 0.2) is 0 Å². The van der Waals surface area contributed by atoms with Crippen LogP contribution in [0.15, 0.2) is 24.3 Å². The molecule has 0 radical (unpaired) electrons. The van der Waals surface area contributed by atoms with Crippen molar-refractivity contribution in [3.63, 3.8) is 0 Å². The van der Waals surface area contributed by atoms with Crippen LogP contribution in [0.3, 0.4) is 0 Å². The first-order valence-corrected chi connectivity index (χ1v) is 6.82. The highest BCUT2D eigenvalue weighted by atomic mass is 28.3. The highest BCUT2D eigenvalue weighted by molar-refractivity contribution is 6.62. The normalized spacial score (nSPS) is 12.7. The third-order valence-corrected chi connectivity index (χ3v) is 4.15. The standard InChI is InChI=1S/C11H18O3Si/c1-3-9-14-15(13-4-2)11-8-6-5-7-10(11)12/h5-8,12,15H,3-4,9H2,1-2H3. The molecular weight excluding hydrogens is 208 g/mol. The number of hydrogen-bond donors (Lipinski definition) is 1. The Balaban J connectivity index is 2.74. The van der Waals surface area contributed by atoms with E-state index in [1.54, 1.807) is 12.1 Å². The van der Waals surface area contributed by atoms with Gasteiger partial charge in [0.2, 0.25) is 0 Å². The van der Waals surface area contributed by atoms with E-state index in [2.05, 4.69) is 6.92 Å². The minimum Gasteiger partial charge on any atom is -0.508 e. The van der Waals surface area contributed by atoms with Crippen molar-refractivity contribution in [2.75, 3.05) is 13.2 Å². The second-order valence-corrected chi connectivity index (χ2v) is 5.17. The predicted octanol–water partition coefficient (Wildman–Crippen LogP) is 1.28. The second kappa shape index (κ2) is 6.61. The third kappa shape index (κ3) is 3.66. The maximum absolute atomic E-state index is 9.68. The number of hydrogen-bond acceptors (Lipinski definition) is 3. The SMILES string of the molecule is CCCO[SiH](OCC)c1ccccc1O. The fraction of sp³-hybridized carbons (Fsp3) is 0.455. The summed E-state index contributed by atoms with van der Waals surface area (Å²) < 4.78 is 11.2. The average molecular weight is 226 g/mol. The van der Waals surface area contributed by atoms with E-state index in [4.69, 9.17) is 8.85 Å². The first kappa shape index (κ1) is 12.2. The molecule has 3 nitrogen and oxygen atoms in total. The molecule has 0 saturated carbocycles. The summed E-state index contributed by atoms with van der Waals surface area (Å²) in [4.78, 5) is 0. The zero-order valence-corrected chi connectivity index (χ0v) is 10.4. The minimum atomic E-state index is -1.90. The molecule has 84 valence electrons. The van der Waals surface area contributed by atoms with Gasteiger partial charge in [-0.1, -0.05) is 25.1 Å². The Morgan fingerprint density at radius 3 is 2.53 bits per heavy atom. The number of phenolic OH excluding ortho intramolecular Hbond substituents is 1. The van der Waals surface area contributed by atoms with Gasteiger partial charge in [-0.3, -0.25) is 0 Å². The summed E-state index contributed by atoms with van der Waals surface area (Å²) in [6, 6.07) is 7.24. The quantitative estimate of drug-likeness (QED) is 0.743. The molecule has 1 aromatic carbocycles. The van der Waals surface area contributed by atoms with E-state index in [0.29, 0.717) is 13.2 Å². The lowest BCUT2D eigenvalue weighted by Crippen LogP contribution is -2.37. The van der Waals surface area contributed by atoms with Crippen LogP contribution in [-0.2, 0) is 8.85 Å². The molecule has 0 aliphatic rings. The van der Waals surface area contributed by atoms with Crippen molar-refractivity contribution in [1.29, 1.82) is 0 Å². The predicted molar refractivity (Wildman–Crippen MR) is 62.8 cm³/mol. The molecule has 1 unspecified atom stereocenters. The lowest BCUT2D eigenvalue weighted by Gasteiger charge is -2.16. The molecule has 0 aromatic heterocycles. The molecule has 1 aromatic rings.